The zero-order chi connectivity index (χ0) is 14.3. The summed E-state index contributed by atoms with van der Waals surface area (Å²) in [6.07, 6.45) is 0. The number of aromatic nitrogens is 2. The van der Waals surface area contributed by atoms with E-state index in [4.69, 9.17) is 0 Å². The van der Waals surface area contributed by atoms with Gasteiger partial charge in [0, 0.05) is 5.56 Å². The predicted molar refractivity (Wildman–Crippen MR) is 80.0 cm³/mol. The van der Waals surface area contributed by atoms with E-state index in [2.05, 4.69) is 20.9 Å². The first-order valence-corrected chi connectivity index (χ1v) is 6.84. The Bertz CT molecular complexity index is 807. The minimum absolute atomic E-state index is 0.0573. The highest BCUT2D eigenvalue weighted by Gasteiger charge is 2.18. The summed E-state index contributed by atoms with van der Waals surface area (Å²) in [5.74, 6) is -0.413. The molecule has 0 bridgehead atoms. The molecule has 0 radical (unpaired) electrons. The van der Waals surface area contributed by atoms with E-state index in [0.29, 0.717) is 11.3 Å². The van der Waals surface area contributed by atoms with Gasteiger partial charge in [-0.15, -0.1) is 0 Å². The smallest absolute Gasteiger partial charge is 0.356 e. The lowest BCUT2D eigenvalue weighted by atomic mass is 10.1. The average molecular weight is 331 g/mol. The molecule has 0 atom stereocenters. The molecule has 0 aliphatic rings. The Morgan fingerprint density at radius 1 is 1.20 bits per heavy atom. The molecule has 0 amide bonds. The molecule has 3 rings (SSSR count). The van der Waals surface area contributed by atoms with Crippen molar-refractivity contribution in [2.24, 2.45) is 0 Å². The van der Waals surface area contributed by atoms with Crippen molar-refractivity contribution in [2.45, 2.75) is 6.92 Å². The number of carboxylic acid groups (broad SMARTS) is 1. The quantitative estimate of drug-likeness (QED) is 0.727. The van der Waals surface area contributed by atoms with Crippen LogP contribution in [0.25, 0.3) is 16.9 Å². The van der Waals surface area contributed by atoms with Gasteiger partial charge in [-0.25, -0.2) is 9.78 Å². The van der Waals surface area contributed by atoms with Crippen LogP contribution in [-0.2, 0) is 0 Å². The second-order valence-corrected chi connectivity index (χ2v) is 5.34. The second kappa shape index (κ2) is 4.76. The molecule has 1 N–H and O–H groups in total. The number of carboxylic acids is 1. The predicted octanol–water partition coefficient (Wildman–Crippen LogP) is 3.77. The molecule has 0 saturated heterocycles. The van der Waals surface area contributed by atoms with Crippen LogP contribution in [0.4, 0.5) is 0 Å². The Kier molecular flexibility index (Phi) is 3.06. The fraction of sp³-hybridized carbons (Fsp3) is 0.0667. The van der Waals surface area contributed by atoms with Crippen molar-refractivity contribution >= 4 is 27.4 Å². The monoisotopic (exact) mass is 330 g/mol. The molecule has 4 nitrogen and oxygen atoms in total. The second-order valence-electron chi connectivity index (χ2n) is 4.52. The maximum Gasteiger partial charge on any atom is 0.356 e. The van der Waals surface area contributed by atoms with E-state index in [-0.39, 0.29) is 5.69 Å². The third-order valence-electron chi connectivity index (χ3n) is 3.13. The van der Waals surface area contributed by atoms with Gasteiger partial charge in [0.15, 0.2) is 5.69 Å². The van der Waals surface area contributed by atoms with Crippen LogP contribution in [0.5, 0.6) is 0 Å². The maximum absolute atomic E-state index is 11.3. The lowest BCUT2D eigenvalue weighted by Crippen LogP contribution is -1.97. The normalized spacial score (nSPS) is 10.9. The molecule has 1 aromatic carbocycles. The number of fused-ring (bicyclic) bond motifs is 1. The van der Waals surface area contributed by atoms with Crippen molar-refractivity contribution in [3.63, 3.8) is 0 Å². The fourth-order valence-corrected chi connectivity index (χ4v) is 2.66. The van der Waals surface area contributed by atoms with Gasteiger partial charge in [0.2, 0.25) is 0 Å². The third kappa shape index (κ3) is 2.00. The number of pyridine rings is 1. The van der Waals surface area contributed by atoms with Crippen LogP contribution in [0.3, 0.4) is 0 Å². The lowest BCUT2D eigenvalue weighted by Gasteiger charge is -2.04. The zero-order valence-electron chi connectivity index (χ0n) is 10.7. The van der Waals surface area contributed by atoms with Crippen molar-refractivity contribution < 1.29 is 9.90 Å². The van der Waals surface area contributed by atoms with Crippen LogP contribution in [0.2, 0.25) is 0 Å². The van der Waals surface area contributed by atoms with E-state index < -0.39 is 5.97 Å². The zero-order valence-corrected chi connectivity index (χ0v) is 12.3. The number of nitrogens with zero attached hydrogens (tertiary/aromatic N) is 2. The van der Waals surface area contributed by atoms with E-state index in [1.165, 1.54) is 0 Å². The summed E-state index contributed by atoms with van der Waals surface area (Å²) in [6.45, 7) is 2.01. The Balaban J connectivity index is 2.35. The lowest BCUT2D eigenvalue weighted by molar-refractivity contribution is 0.0693. The maximum atomic E-state index is 11.3. The van der Waals surface area contributed by atoms with Crippen LogP contribution < -0.4 is 0 Å². The molecule has 0 spiro atoms. The Hall–Kier alpha value is -2.14. The molecule has 100 valence electrons. The molecular formula is C15H11BrN2O2. The Labute approximate surface area is 123 Å². The van der Waals surface area contributed by atoms with Crippen LogP contribution in [-0.4, -0.2) is 20.5 Å². The van der Waals surface area contributed by atoms with Crippen molar-refractivity contribution in [1.82, 2.24) is 9.38 Å². The fourth-order valence-electron chi connectivity index (χ4n) is 2.15. The highest BCUT2D eigenvalue weighted by Crippen LogP contribution is 2.27. The number of hydrogen-bond acceptors (Lipinski definition) is 2. The summed E-state index contributed by atoms with van der Waals surface area (Å²) in [4.78, 5) is 15.6. The summed E-state index contributed by atoms with van der Waals surface area (Å²) in [5.41, 5.74) is 2.65. The first-order valence-electron chi connectivity index (χ1n) is 6.05. The van der Waals surface area contributed by atoms with Crippen LogP contribution >= 0.6 is 15.9 Å². The van der Waals surface area contributed by atoms with E-state index in [0.717, 1.165) is 15.7 Å². The number of carbonyl (C=O) groups is 1. The summed E-state index contributed by atoms with van der Waals surface area (Å²) >= 11 is 3.45. The summed E-state index contributed by atoms with van der Waals surface area (Å²) in [7, 11) is 0. The number of halogens is 1. The number of hydrogen-bond donors (Lipinski definition) is 1. The number of aromatic carboxylic acids is 1. The summed E-state index contributed by atoms with van der Waals surface area (Å²) in [5, 5.41) is 9.29. The molecule has 0 unspecified atom stereocenters. The van der Waals surface area contributed by atoms with E-state index in [1.54, 1.807) is 16.5 Å². The van der Waals surface area contributed by atoms with Crippen molar-refractivity contribution in [2.75, 3.05) is 0 Å². The SMILES string of the molecule is Cc1ccc(-c2nc(C(=O)O)c3cccc(Br)n23)cc1. The minimum Gasteiger partial charge on any atom is -0.476 e. The van der Waals surface area contributed by atoms with Crippen LogP contribution in [0.1, 0.15) is 16.1 Å². The van der Waals surface area contributed by atoms with Crippen LogP contribution in [0, 0.1) is 6.92 Å². The first kappa shape index (κ1) is 12.9. The standard InChI is InChI=1S/C15H11BrN2O2/c1-9-5-7-10(8-6-9)14-17-13(15(19)20)11-3-2-4-12(16)18(11)14/h2-8H,1H3,(H,19,20). The van der Waals surface area contributed by atoms with Gasteiger partial charge in [-0.3, -0.25) is 4.40 Å². The number of aryl methyl sites for hydroxylation is 1. The summed E-state index contributed by atoms with van der Waals surface area (Å²) < 4.78 is 2.57. The molecule has 2 heterocycles. The molecular weight excluding hydrogens is 320 g/mol. The molecule has 0 saturated carbocycles. The highest BCUT2D eigenvalue weighted by molar-refractivity contribution is 9.10. The molecule has 3 aromatic rings. The van der Waals surface area contributed by atoms with Gasteiger partial charge in [0.25, 0.3) is 0 Å². The minimum atomic E-state index is -1.03. The van der Waals surface area contributed by atoms with Crippen molar-refractivity contribution in [3.8, 4) is 11.4 Å². The van der Waals surface area contributed by atoms with Gasteiger partial charge in [-0.1, -0.05) is 35.9 Å². The third-order valence-corrected chi connectivity index (χ3v) is 3.75. The topological polar surface area (TPSA) is 54.6 Å². The molecule has 5 heteroatoms. The van der Waals surface area contributed by atoms with Crippen molar-refractivity contribution in [3.05, 3.63) is 58.3 Å². The summed E-state index contributed by atoms with van der Waals surface area (Å²) in [6, 6.07) is 13.2. The van der Waals surface area contributed by atoms with E-state index in [9.17, 15) is 9.90 Å². The number of benzene rings is 1. The Morgan fingerprint density at radius 2 is 1.90 bits per heavy atom. The van der Waals surface area contributed by atoms with Gasteiger partial charge in [-0.2, -0.15) is 0 Å². The van der Waals surface area contributed by atoms with Gasteiger partial charge in [0.1, 0.15) is 5.82 Å². The van der Waals surface area contributed by atoms with Gasteiger partial charge >= 0.3 is 5.97 Å². The van der Waals surface area contributed by atoms with Gasteiger partial charge in [-0.05, 0) is 35.0 Å². The van der Waals surface area contributed by atoms with Gasteiger partial charge < -0.3 is 5.11 Å². The number of imidazole rings is 1. The molecule has 0 aliphatic carbocycles. The molecule has 2 aromatic heterocycles. The van der Waals surface area contributed by atoms with E-state index in [1.807, 2.05) is 37.3 Å². The highest BCUT2D eigenvalue weighted by atomic mass is 79.9. The Morgan fingerprint density at radius 3 is 2.55 bits per heavy atom. The largest absolute Gasteiger partial charge is 0.476 e. The van der Waals surface area contributed by atoms with E-state index >= 15 is 0 Å². The van der Waals surface area contributed by atoms with Crippen molar-refractivity contribution in [1.29, 1.82) is 0 Å². The average Bonchev–Trinajstić information content (AvgIpc) is 2.81. The number of rotatable bonds is 2. The molecule has 0 aliphatic heterocycles. The molecule has 0 fully saturated rings. The molecule has 20 heavy (non-hydrogen) atoms. The van der Waals surface area contributed by atoms with Crippen LogP contribution in [0.15, 0.2) is 47.1 Å². The van der Waals surface area contributed by atoms with Gasteiger partial charge in [0.05, 0.1) is 10.1 Å². The first-order chi connectivity index (χ1) is 9.58.